The molecule has 0 radical (unpaired) electrons. The van der Waals surface area contributed by atoms with Gasteiger partial charge in [-0.3, -0.25) is 9.59 Å². The summed E-state index contributed by atoms with van der Waals surface area (Å²) in [5, 5.41) is 0. The van der Waals surface area contributed by atoms with Crippen molar-refractivity contribution in [3.63, 3.8) is 0 Å². The number of carbonyl (C=O) groups excluding carboxylic acids is 2. The molecule has 0 aromatic heterocycles. The average Bonchev–Trinajstić information content (AvgIpc) is 2.08. The van der Waals surface area contributed by atoms with E-state index in [0.717, 1.165) is 25.7 Å². The topological polar surface area (TPSA) is 34.1 Å². The molecule has 0 bridgehead atoms. The monoisotopic (exact) mass is 206 g/mol. The van der Waals surface area contributed by atoms with E-state index in [1.54, 1.807) is 0 Å². The van der Waals surface area contributed by atoms with Crippen LogP contribution in [-0.4, -0.2) is 11.6 Å². The summed E-state index contributed by atoms with van der Waals surface area (Å²) in [7, 11) is 0. The van der Waals surface area contributed by atoms with Crippen molar-refractivity contribution in [3.05, 3.63) is 23.8 Å². The first kappa shape index (κ1) is 11.9. The van der Waals surface area contributed by atoms with Crippen LogP contribution in [0.25, 0.3) is 0 Å². The summed E-state index contributed by atoms with van der Waals surface area (Å²) in [6, 6.07) is 0. The lowest BCUT2D eigenvalue weighted by atomic mass is 9.98. The maximum Gasteiger partial charge on any atom is 0.144 e. The van der Waals surface area contributed by atoms with Crippen molar-refractivity contribution in [1.29, 1.82) is 0 Å². The lowest BCUT2D eigenvalue weighted by Crippen LogP contribution is -2.05. The van der Waals surface area contributed by atoms with Gasteiger partial charge < -0.3 is 0 Å². The standard InChI is InChI=1S/C13H18O2/c1-11(14)9-13(15)10-12-7-5-3-2-4-6-8-12/h2-3,8H,4-7,9-10H2,1H3. The zero-order chi connectivity index (χ0) is 11.1. The lowest BCUT2D eigenvalue weighted by molar-refractivity contribution is -0.125. The second-order valence-electron chi connectivity index (χ2n) is 4.04. The van der Waals surface area contributed by atoms with E-state index in [1.807, 2.05) is 0 Å². The third-order valence-electron chi connectivity index (χ3n) is 2.44. The number of allylic oxidation sites excluding steroid dienone is 4. The summed E-state index contributed by atoms with van der Waals surface area (Å²) < 4.78 is 0. The van der Waals surface area contributed by atoms with Crippen LogP contribution in [0.1, 0.15) is 45.4 Å². The molecule has 82 valence electrons. The molecule has 0 aromatic rings. The highest BCUT2D eigenvalue weighted by molar-refractivity contribution is 5.98. The summed E-state index contributed by atoms with van der Waals surface area (Å²) in [6.45, 7) is 1.47. The molecule has 0 atom stereocenters. The van der Waals surface area contributed by atoms with Gasteiger partial charge >= 0.3 is 0 Å². The molecule has 0 unspecified atom stereocenters. The second kappa shape index (κ2) is 6.33. The highest BCUT2D eigenvalue weighted by atomic mass is 16.1. The fraction of sp³-hybridized carbons (Fsp3) is 0.538. The molecule has 0 aliphatic heterocycles. The minimum absolute atomic E-state index is 0.0358. The normalized spacial score (nSPS) is 16.5. The number of carbonyl (C=O) groups is 2. The predicted molar refractivity (Wildman–Crippen MR) is 60.6 cm³/mol. The minimum atomic E-state index is -0.0358. The molecule has 1 aliphatic rings. The molecule has 0 N–H and O–H groups in total. The molecule has 0 fully saturated rings. The van der Waals surface area contributed by atoms with Crippen LogP contribution in [-0.2, 0) is 9.59 Å². The van der Waals surface area contributed by atoms with Crippen LogP contribution in [0.5, 0.6) is 0 Å². The number of rotatable bonds is 4. The van der Waals surface area contributed by atoms with Crippen molar-refractivity contribution in [2.45, 2.75) is 45.4 Å². The van der Waals surface area contributed by atoms with Gasteiger partial charge in [-0.15, -0.1) is 0 Å². The summed E-state index contributed by atoms with van der Waals surface area (Å²) in [6.07, 6.45) is 11.1. The fourth-order valence-electron chi connectivity index (χ4n) is 1.74. The minimum Gasteiger partial charge on any atom is -0.300 e. The van der Waals surface area contributed by atoms with E-state index in [0.29, 0.717) is 6.42 Å². The largest absolute Gasteiger partial charge is 0.300 e. The molecule has 0 heterocycles. The van der Waals surface area contributed by atoms with Gasteiger partial charge in [-0.25, -0.2) is 0 Å². The molecule has 1 rings (SSSR count). The summed E-state index contributed by atoms with van der Waals surface area (Å²) in [5.74, 6) is 0.0182. The van der Waals surface area contributed by atoms with E-state index in [2.05, 4.69) is 18.2 Å². The third kappa shape index (κ3) is 5.31. The Morgan fingerprint density at radius 1 is 1.20 bits per heavy atom. The molecule has 2 nitrogen and oxygen atoms in total. The molecule has 0 amide bonds. The van der Waals surface area contributed by atoms with E-state index < -0.39 is 0 Å². The lowest BCUT2D eigenvalue weighted by Gasteiger charge is -2.07. The van der Waals surface area contributed by atoms with Gasteiger partial charge in [0.2, 0.25) is 0 Å². The summed E-state index contributed by atoms with van der Waals surface area (Å²) in [5.41, 5.74) is 1.20. The number of ketones is 2. The summed E-state index contributed by atoms with van der Waals surface area (Å²) in [4.78, 5) is 22.2. The van der Waals surface area contributed by atoms with Crippen LogP contribution >= 0.6 is 0 Å². The molecule has 0 saturated heterocycles. The van der Waals surface area contributed by atoms with Gasteiger partial charge in [0, 0.05) is 6.42 Å². The Bertz CT molecular complexity index is 298. The second-order valence-corrected chi connectivity index (χ2v) is 4.04. The Morgan fingerprint density at radius 2 is 1.93 bits per heavy atom. The number of hydrogen-bond acceptors (Lipinski definition) is 2. The Balaban J connectivity index is 2.42. The van der Waals surface area contributed by atoms with E-state index in [1.165, 1.54) is 12.5 Å². The molecule has 15 heavy (non-hydrogen) atoms. The van der Waals surface area contributed by atoms with Gasteiger partial charge in [0.05, 0.1) is 6.42 Å². The van der Waals surface area contributed by atoms with Gasteiger partial charge in [0.25, 0.3) is 0 Å². The Kier molecular flexibility index (Phi) is 5.02. The molecule has 1 aliphatic carbocycles. The van der Waals surface area contributed by atoms with Crippen molar-refractivity contribution < 1.29 is 9.59 Å². The van der Waals surface area contributed by atoms with Crippen molar-refractivity contribution in [2.75, 3.05) is 0 Å². The van der Waals surface area contributed by atoms with E-state index >= 15 is 0 Å². The first-order valence-electron chi connectivity index (χ1n) is 5.52. The summed E-state index contributed by atoms with van der Waals surface area (Å²) >= 11 is 0. The van der Waals surface area contributed by atoms with Crippen LogP contribution in [0, 0.1) is 0 Å². The molecule has 0 saturated carbocycles. The molecule has 2 heteroatoms. The Labute approximate surface area is 91.1 Å². The first-order valence-corrected chi connectivity index (χ1v) is 5.52. The molecular formula is C13H18O2. The van der Waals surface area contributed by atoms with Crippen LogP contribution in [0.4, 0.5) is 0 Å². The average molecular weight is 206 g/mol. The Morgan fingerprint density at radius 3 is 2.67 bits per heavy atom. The van der Waals surface area contributed by atoms with Crippen molar-refractivity contribution in [2.24, 2.45) is 0 Å². The quantitative estimate of drug-likeness (QED) is 0.523. The molecular weight excluding hydrogens is 188 g/mol. The van der Waals surface area contributed by atoms with Crippen molar-refractivity contribution in [1.82, 2.24) is 0 Å². The van der Waals surface area contributed by atoms with Crippen LogP contribution in [0.2, 0.25) is 0 Å². The van der Waals surface area contributed by atoms with Gasteiger partial charge in [-0.2, -0.15) is 0 Å². The van der Waals surface area contributed by atoms with E-state index in [9.17, 15) is 9.59 Å². The highest BCUT2D eigenvalue weighted by Gasteiger charge is 2.08. The predicted octanol–water partition coefficient (Wildman–Crippen LogP) is 2.98. The fourth-order valence-corrected chi connectivity index (χ4v) is 1.74. The Hall–Kier alpha value is -1.18. The van der Waals surface area contributed by atoms with E-state index in [-0.39, 0.29) is 18.0 Å². The third-order valence-corrected chi connectivity index (χ3v) is 2.44. The van der Waals surface area contributed by atoms with Crippen molar-refractivity contribution in [3.8, 4) is 0 Å². The van der Waals surface area contributed by atoms with Gasteiger partial charge in [-0.1, -0.05) is 23.8 Å². The zero-order valence-electron chi connectivity index (χ0n) is 9.29. The van der Waals surface area contributed by atoms with Crippen LogP contribution in [0.3, 0.4) is 0 Å². The van der Waals surface area contributed by atoms with Crippen LogP contribution in [0.15, 0.2) is 23.8 Å². The first-order chi connectivity index (χ1) is 7.18. The zero-order valence-corrected chi connectivity index (χ0v) is 9.29. The molecule has 0 spiro atoms. The highest BCUT2D eigenvalue weighted by Crippen LogP contribution is 2.16. The smallest absolute Gasteiger partial charge is 0.144 e. The molecule has 0 aromatic carbocycles. The van der Waals surface area contributed by atoms with Gasteiger partial charge in [0.15, 0.2) is 0 Å². The maximum atomic E-state index is 11.4. The van der Waals surface area contributed by atoms with Crippen LogP contribution < -0.4 is 0 Å². The van der Waals surface area contributed by atoms with E-state index in [4.69, 9.17) is 0 Å². The van der Waals surface area contributed by atoms with Gasteiger partial charge in [-0.05, 0) is 32.6 Å². The maximum absolute atomic E-state index is 11.4. The van der Waals surface area contributed by atoms with Crippen molar-refractivity contribution >= 4 is 11.6 Å². The number of Topliss-reactive ketones (excluding diaryl/α,β-unsaturated/α-hetero) is 2. The SMILES string of the molecule is CC(=O)CC(=O)CC1=CCCC=CCC1. The number of hydrogen-bond donors (Lipinski definition) is 0. The van der Waals surface area contributed by atoms with Gasteiger partial charge in [0.1, 0.15) is 11.6 Å².